The van der Waals surface area contributed by atoms with Gasteiger partial charge in [0.15, 0.2) is 6.20 Å². The van der Waals surface area contributed by atoms with Gasteiger partial charge in [-0.25, -0.2) is 0 Å². The number of hydrogen-bond acceptors (Lipinski definition) is 6. The van der Waals surface area contributed by atoms with Crippen LogP contribution in [0.5, 0.6) is 0 Å². The largest absolute Gasteiger partial charge is 0.365 e. The number of hydrogen-bond donors (Lipinski definition) is 0. The number of nitro groups is 1. The summed E-state index contributed by atoms with van der Waals surface area (Å²) in [5.74, 6) is 0.830. The number of benzene rings is 1. The number of anilines is 1. The minimum absolute atomic E-state index is 0.0854. The van der Waals surface area contributed by atoms with Crippen LogP contribution in [0.2, 0.25) is 0 Å². The minimum atomic E-state index is -0.505. The van der Waals surface area contributed by atoms with Crippen LogP contribution < -0.4 is 4.90 Å². The number of rotatable bonds is 6. The van der Waals surface area contributed by atoms with Crippen molar-refractivity contribution in [3.8, 4) is 0 Å². The monoisotopic (exact) mass is 386 g/mol. The van der Waals surface area contributed by atoms with E-state index in [1.807, 2.05) is 30.0 Å². The Balaban J connectivity index is 1.49. The summed E-state index contributed by atoms with van der Waals surface area (Å²) < 4.78 is 0. The highest BCUT2D eigenvalue weighted by Crippen LogP contribution is 2.22. The van der Waals surface area contributed by atoms with Gasteiger partial charge in [-0.15, -0.1) is 11.8 Å². The molecule has 1 saturated heterocycles. The molecule has 0 bridgehead atoms. The van der Waals surface area contributed by atoms with Crippen molar-refractivity contribution in [3.63, 3.8) is 0 Å². The van der Waals surface area contributed by atoms with Crippen LogP contribution in [0.25, 0.3) is 0 Å². The third-order valence-corrected chi connectivity index (χ3v) is 5.77. The zero-order chi connectivity index (χ0) is 19.2. The fourth-order valence-corrected chi connectivity index (χ4v) is 3.91. The molecule has 2 heterocycles. The Hall–Kier alpha value is -2.61. The lowest BCUT2D eigenvalue weighted by atomic mass is 10.2. The molecule has 27 heavy (non-hydrogen) atoms. The van der Waals surface area contributed by atoms with Crippen LogP contribution in [0.4, 0.5) is 11.5 Å². The molecule has 1 aromatic carbocycles. The van der Waals surface area contributed by atoms with Gasteiger partial charge in [0.1, 0.15) is 0 Å². The van der Waals surface area contributed by atoms with Gasteiger partial charge in [-0.05, 0) is 28.5 Å². The lowest BCUT2D eigenvalue weighted by Gasteiger charge is -2.36. The molecule has 1 atom stereocenters. The van der Waals surface area contributed by atoms with E-state index in [-0.39, 0.29) is 17.0 Å². The summed E-state index contributed by atoms with van der Waals surface area (Å²) >= 11 is 1.65. The van der Waals surface area contributed by atoms with E-state index in [9.17, 15) is 14.9 Å². The summed E-state index contributed by atoms with van der Waals surface area (Å²) in [7, 11) is 0. The first-order chi connectivity index (χ1) is 13.0. The van der Waals surface area contributed by atoms with Gasteiger partial charge in [-0.2, -0.15) is 0 Å². The van der Waals surface area contributed by atoms with Gasteiger partial charge < -0.3 is 19.9 Å². The van der Waals surface area contributed by atoms with E-state index in [1.54, 1.807) is 17.8 Å². The zero-order valence-electron chi connectivity index (χ0n) is 15.2. The minimum Gasteiger partial charge on any atom is -0.365 e. The fourth-order valence-electron chi connectivity index (χ4n) is 2.98. The molecule has 3 rings (SSSR count). The Bertz CT molecular complexity index is 777. The molecular formula is C19H22N4O3S. The molecule has 8 heteroatoms. The highest BCUT2D eigenvalue weighted by atomic mass is 32.2. The smallest absolute Gasteiger partial charge is 0.363 e. The highest BCUT2D eigenvalue weighted by molar-refractivity contribution is 7.99. The molecule has 0 radical (unpaired) electrons. The molecule has 1 fully saturated rings. The van der Waals surface area contributed by atoms with Crippen molar-refractivity contribution < 1.29 is 9.72 Å². The third kappa shape index (κ3) is 4.97. The van der Waals surface area contributed by atoms with E-state index in [4.69, 9.17) is 0 Å². The number of carbonyl (C=O) groups is 1. The van der Waals surface area contributed by atoms with E-state index in [0.717, 1.165) is 11.4 Å². The van der Waals surface area contributed by atoms with Gasteiger partial charge in [0.25, 0.3) is 0 Å². The van der Waals surface area contributed by atoms with E-state index in [2.05, 4.69) is 22.0 Å². The summed E-state index contributed by atoms with van der Waals surface area (Å²) in [6, 6.07) is 13.3. The van der Waals surface area contributed by atoms with Crippen LogP contribution in [0, 0.1) is 10.1 Å². The van der Waals surface area contributed by atoms with E-state index in [1.165, 1.54) is 17.8 Å². The van der Waals surface area contributed by atoms with Crippen molar-refractivity contribution in [1.29, 1.82) is 0 Å². The Labute approximate surface area is 162 Å². The molecule has 1 aliphatic heterocycles. The van der Waals surface area contributed by atoms with E-state index in [0.29, 0.717) is 26.2 Å². The van der Waals surface area contributed by atoms with Gasteiger partial charge in [0, 0.05) is 38.0 Å². The summed E-state index contributed by atoms with van der Waals surface area (Å²) in [6.07, 6.45) is 1.52. The van der Waals surface area contributed by atoms with Gasteiger partial charge in [-0.3, -0.25) is 4.79 Å². The van der Waals surface area contributed by atoms with E-state index >= 15 is 0 Å². The fraction of sp³-hybridized carbons (Fsp3) is 0.368. The molecule has 0 saturated carbocycles. The number of pyridine rings is 1. The number of aromatic nitrogens is 1. The van der Waals surface area contributed by atoms with Crippen molar-refractivity contribution in [2.24, 2.45) is 0 Å². The number of piperazine rings is 1. The van der Waals surface area contributed by atoms with Gasteiger partial charge in [0.2, 0.25) is 5.91 Å². The third-order valence-electron chi connectivity index (χ3n) is 4.57. The van der Waals surface area contributed by atoms with Gasteiger partial charge >= 0.3 is 5.82 Å². The molecule has 1 unspecified atom stereocenters. The normalized spacial score (nSPS) is 15.4. The second-order valence-electron chi connectivity index (χ2n) is 6.38. The van der Waals surface area contributed by atoms with Gasteiger partial charge in [0.05, 0.1) is 10.9 Å². The van der Waals surface area contributed by atoms with Crippen molar-refractivity contribution in [3.05, 3.63) is 64.3 Å². The maximum Gasteiger partial charge on any atom is 0.363 e. The summed E-state index contributed by atoms with van der Waals surface area (Å²) in [5.41, 5.74) is 2.07. The Morgan fingerprint density at radius 1 is 1.19 bits per heavy atom. The zero-order valence-corrected chi connectivity index (χ0v) is 16.0. The first-order valence-corrected chi connectivity index (χ1v) is 9.89. The molecule has 2 aromatic rings. The number of thioether (sulfide) groups is 1. The molecular weight excluding hydrogens is 364 g/mol. The van der Waals surface area contributed by atoms with Crippen molar-refractivity contribution in [2.45, 2.75) is 17.9 Å². The van der Waals surface area contributed by atoms with Crippen LogP contribution in [0.3, 0.4) is 0 Å². The standard InChI is InChI=1S/C19H22N4O3S/c1-15(27-14-16-5-3-2-4-6-16)19(24)22-11-9-21(10-12-22)17-7-8-18(20-13-17)23(25)26/h2-8,13,15H,9-12,14H2,1H3. The number of amides is 1. The molecule has 1 aromatic heterocycles. The molecule has 142 valence electrons. The molecule has 1 amide bonds. The lowest BCUT2D eigenvalue weighted by molar-refractivity contribution is -0.389. The lowest BCUT2D eigenvalue weighted by Crippen LogP contribution is -2.50. The summed E-state index contributed by atoms with van der Waals surface area (Å²) in [6.45, 7) is 4.64. The summed E-state index contributed by atoms with van der Waals surface area (Å²) in [5, 5.41) is 10.6. The quantitative estimate of drug-likeness (QED) is 0.561. The Morgan fingerprint density at radius 3 is 2.48 bits per heavy atom. The maximum absolute atomic E-state index is 12.7. The summed E-state index contributed by atoms with van der Waals surface area (Å²) in [4.78, 5) is 30.7. The molecule has 0 spiro atoms. The first-order valence-electron chi connectivity index (χ1n) is 8.84. The van der Waals surface area contributed by atoms with Crippen LogP contribution in [0.1, 0.15) is 12.5 Å². The number of carbonyl (C=O) groups excluding carboxylic acids is 1. The SMILES string of the molecule is CC(SCc1ccccc1)C(=O)N1CCN(c2ccc([N+](=O)[O-])nc2)CC1. The van der Waals surface area contributed by atoms with Crippen molar-refractivity contribution >= 4 is 29.2 Å². The van der Waals surface area contributed by atoms with Crippen molar-refractivity contribution in [1.82, 2.24) is 9.88 Å². The maximum atomic E-state index is 12.7. The first kappa shape index (κ1) is 19.2. The van der Waals surface area contributed by atoms with Crippen LogP contribution >= 0.6 is 11.8 Å². The molecule has 0 aliphatic carbocycles. The topological polar surface area (TPSA) is 79.6 Å². The predicted molar refractivity (Wildman–Crippen MR) is 107 cm³/mol. The second kappa shape index (κ2) is 8.85. The Kier molecular flexibility index (Phi) is 6.28. The average Bonchev–Trinajstić information content (AvgIpc) is 2.72. The number of nitrogens with zero attached hydrogens (tertiary/aromatic N) is 4. The van der Waals surface area contributed by atoms with Crippen molar-refractivity contribution in [2.75, 3.05) is 31.1 Å². The molecule has 1 aliphatic rings. The highest BCUT2D eigenvalue weighted by Gasteiger charge is 2.25. The van der Waals surface area contributed by atoms with Crippen LogP contribution in [0.15, 0.2) is 48.7 Å². The molecule has 7 nitrogen and oxygen atoms in total. The average molecular weight is 386 g/mol. The van der Waals surface area contributed by atoms with Gasteiger partial charge in [-0.1, -0.05) is 30.3 Å². The predicted octanol–water partition coefficient (Wildman–Crippen LogP) is 2.96. The van der Waals surface area contributed by atoms with Crippen LogP contribution in [-0.4, -0.2) is 52.1 Å². The molecule has 0 N–H and O–H groups in total. The van der Waals surface area contributed by atoms with E-state index < -0.39 is 4.92 Å². The second-order valence-corrected chi connectivity index (χ2v) is 7.71. The van der Waals surface area contributed by atoms with Crippen LogP contribution in [-0.2, 0) is 10.5 Å². The Morgan fingerprint density at radius 2 is 1.89 bits per heavy atom.